The maximum Gasteiger partial charge on any atom is 0.164 e. The van der Waals surface area contributed by atoms with Crippen LogP contribution in [0, 0.1) is 6.92 Å². The monoisotopic (exact) mass is 233 g/mol. The number of aryl methyl sites for hydroxylation is 2. The van der Waals surface area contributed by atoms with Crippen molar-refractivity contribution in [3.8, 4) is 5.75 Å². The number of hydrogen-bond acceptors (Lipinski definition) is 4. The predicted molar refractivity (Wildman–Crippen MR) is 62.4 cm³/mol. The number of aromatic nitrogens is 3. The Morgan fingerprint density at radius 3 is 2.88 bits per heavy atom. The molecule has 1 heterocycles. The van der Waals surface area contributed by atoms with E-state index in [1.165, 1.54) is 6.33 Å². The minimum absolute atomic E-state index is 0.0319. The van der Waals surface area contributed by atoms with E-state index in [9.17, 15) is 5.11 Å². The number of nitrogens with zero attached hydrogens (tertiary/aromatic N) is 3. The molecule has 17 heavy (non-hydrogen) atoms. The van der Waals surface area contributed by atoms with Gasteiger partial charge in [0.05, 0.1) is 6.61 Å². The smallest absolute Gasteiger partial charge is 0.164 e. The van der Waals surface area contributed by atoms with Crippen LogP contribution in [0.4, 0.5) is 0 Å². The summed E-state index contributed by atoms with van der Waals surface area (Å²) in [5, 5.41) is 13.2. The highest BCUT2D eigenvalue weighted by atomic mass is 16.5. The third kappa shape index (κ3) is 2.62. The van der Waals surface area contributed by atoms with E-state index < -0.39 is 0 Å². The van der Waals surface area contributed by atoms with E-state index >= 15 is 0 Å². The standard InChI is InChI=1S/C12H15N3O2/c1-9-3-4-11(10(5-9)6-16)17-7-12-13-8-14-15(12)2/h3-5,8,16H,6-7H2,1-2H3. The molecule has 90 valence electrons. The predicted octanol–water partition coefficient (Wildman–Crippen LogP) is 1.19. The van der Waals surface area contributed by atoms with E-state index in [-0.39, 0.29) is 6.61 Å². The summed E-state index contributed by atoms with van der Waals surface area (Å²) >= 11 is 0. The molecule has 2 rings (SSSR count). The van der Waals surface area contributed by atoms with E-state index in [0.29, 0.717) is 12.4 Å². The summed E-state index contributed by atoms with van der Waals surface area (Å²) in [6.45, 7) is 2.29. The SMILES string of the molecule is Cc1ccc(OCc2ncnn2C)c(CO)c1. The van der Waals surface area contributed by atoms with Crippen LogP contribution in [-0.4, -0.2) is 19.9 Å². The first-order valence-corrected chi connectivity index (χ1v) is 5.36. The minimum atomic E-state index is -0.0319. The van der Waals surface area contributed by atoms with Crippen LogP contribution in [0.1, 0.15) is 17.0 Å². The first kappa shape index (κ1) is 11.6. The molecule has 0 aliphatic heterocycles. The second kappa shape index (κ2) is 4.97. The third-order valence-electron chi connectivity index (χ3n) is 2.55. The molecule has 1 N–H and O–H groups in total. The fourth-order valence-corrected chi connectivity index (χ4v) is 1.57. The highest BCUT2D eigenvalue weighted by Gasteiger charge is 2.06. The topological polar surface area (TPSA) is 60.2 Å². The molecule has 0 radical (unpaired) electrons. The number of ether oxygens (including phenoxy) is 1. The summed E-state index contributed by atoms with van der Waals surface area (Å²) in [7, 11) is 1.81. The Bertz CT molecular complexity index is 508. The first-order valence-electron chi connectivity index (χ1n) is 5.36. The summed E-state index contributed by atoms with van der Waals surface area (Å²) in [6.07, 6.45) is 1.49. The first-order chi connectivity index (χ1) is 8.20. The lowest BCUT2D eigenvalue weighted by Crippen LogP contribution is -2.05. The molecule has 2 aromatic rings. The van der Waals surface area contributed by atoms with Gasteiger partial charge >= 0.3 is 0 Å². The van der Waals surface area contributed by atoms with Gasteiger partial charge in [0.1, 0.15) is 18.7 Å². The van der Waals surface area contributed by atoms with Crippen molar-refractivity contribution >= 4 is 0 Å². The van der Waals surface area contributed by atoms with Gasteiger partial charge in [-0.15, -0.1) is 0 Å². The average molecular weight is 233 g/mol. The van der Waals surface area contributed by atoms with E-state index in [1.54, 1.807) is 4.68 Å². The van der Waals surface area contributed by atoms with Crippen LogP contribution in [0.25, 0.3) is 0 Å². The van der Waals surface area contributed by atoms with E-state index in [2.05, 4.69) is 10.1 Å². The van der Waals surface area contributed by atoms with Crippen molar-refractivity contribution in [3.05, 3.63) is 41.5 Å². The van der Waals surface area contributed by atoms with Crippen LogP contribution in [0.2, 0.25) is 0 Å². The molecule has 0 aliphatic rings. The van der Waals surface area contributed by atoms with Gasteiger partial charge in [0.2, 0.25) is 0 Å². The lowest BCUT2D eigenvalue weighted by molar-refractivity contribution is 0.253. The van der Waals surface area contributed by atoms with Gasteiger partial charge in [-0.25, -0.2) is 4.98 Å². The largest absolute Gasteiger partial charge is 0.485 e. The summed E-state index contributed by atoms with van der Waals surface area (Å²) in [6, 6.07) is 5.72. The molecule has 0 amide bonds. The van der Waals surface area contributed by atoms with Gasteiger partial charge in [-0.1, -0.05) is 17.7 Å². The number of benzene rings is 1. The van der Waals surface area contributed by atoms with Crippen LogP contribution >= 0.6 is 0 Å². The summed E-state index contributed by atoms with van der Waals surface area (Å²) in [5.74, 6) is 1.43. The number of hydrogen-bond donors (Lipinski definition) is 1. The second-order valence-corrected chi connectivity index (χ2v) is 3.86. The van der Waals surface area contributed by atoms with E-state index in [0.717, 1.165) is 17.0 Å². The van der Waals surface area contributed by atoms with E-state index in [4.69, 9.17) is 4.74 Å². The lowest BCUT2D eigenvalue weighted by Gasteiger charge is -2.10. The van der Waals surface area contributed by atoms with Gasteiger partial charge in [-0.05, 0) is 13.0 Å². The zero-order valence-corrected chi connectivity index (χ0v) is 9.92. The molecule has 5 heteroatoms. The van der Waals surface area contributed by atoms with Crippen LogP contribution < -0.4 is 4.74 Å². The van der Waals surface area contributed by atoms with Crippen molar-refractivity contribution in [1.29, 1.82) is 0 Å². The van der Waals surface area contributed by atoms with Crippen molar-refractivity contribution in [3.63, 3.8) is 0 Å². The molecule has 0 saturated heterocycles. The lowest BCUT2D eigenvalue weighted by atomic mass is 10.1. The highest BCUT2D eigenvalue weighted by Crippen LogP contribution is 2.20. The van der Waals surface area contributed by atoms with Crippen LogP contribution in [0.3, 0.4) is 0 Å². The van der Waals surface area contributed by atoms with Crippen molar-refractivity contribution < 1.29 is 9.84 Å². The molecule has 5 nitrogen and oxygen atoms in total. The molecule has 0 aliphatic carbocycles. The van der Waals surface area contributed by atoms with Crippen molar-refractivity contribution in [2.75, 3.05) is 0 Å². The normalized spacial score (nSPS) is 10.5. The molecular formula is C12H15N3O2. The van der Waals surface area contributed by atoms with Crippen molar-refractivity contribution in [2.24, 2.45) is 7.05 Å². The van der Waals surface area contributed by atoms with Crippen LogP contribution in [-0.2, 0) is 20.3 Å². The van der Waals surface area contributed by atoms with Crippen LogP contribution in [0.15, 0.2) is 24.5 Å². The quantitative estimate of drug-likeness (QED) is 0.861. The molecular weight excluding hydrogens is 218 g/mol. The van der Waals surface area contributed by atoms with E-state index in [1.807, 2.05) is 32.2 Å². The second-order valence-electron chi connectivity index (χ2n) is 3.86. The fourth-order valence-electron chi connectivity index (χ4n) is 1.57. The van der Waals surface area contributed by atoms with Gasteiger partial charge < -0.3 is 9.84 Å². The highest BCUT2D eigenvalue weighted by molar-refractivity contribution is 5.36. The van der Waals surface area contributed by atoms with Gasteiger partial charge in [-0.2, -0.15) is 5.10 Å². The summed E-state index contributed by atoms with van der Waals surface area (Å²) in [5.41, 5.74) is 1.88. The number of aliphatic hydroxyl groups is 1. The van der Waals surface area contributed by atoms with Gasteiger partial charge in [0.15, 0.2) is 5.82 Å². The maximum atomic E-state index is 9.24. The molecule has 1 aromatic heterocycles. The minimum Gasteiger partial charge on any atom is -0.485 e. The fraction of sp³-hybridized carbons (Fsp3) is 0.333. The Morgan fingerprint density at radius 2 is 2.24 bits per heavy atom. The average Bonchev–Trinajstić information content (AvgIpc) is 2.73. The van der Waals surface area contributed by atoms with Gasteiger partial charge in [0, 0.05) is 12.6 Å². The Morgan fingerprint density at radius 1 is 1.41 bits per heavy atom. The molecule has 0 unspecified atom stereocenters. The zero-order valence-electron chi connectivity index (χ0n) is 9.92. The summed E-state index contributed by atoms with van der Waals surface area (Å²) < 4.78 is 7.28. The number of rotatable bonds is 4. The zero-order chi connectivity index (χ0) is 12.3. The molecule has 0 saturated carbocycles. The molecule has 0 fully saturated rings. The van der Waals surface area contributed by atoms with Gasteiger partial charge in [0.25, 0.3) is 0 Å². The molecule has 1 aromatic carbocycles. The number of aliphatic hydroxyl groups excluding tert-OH is 1. The van der Waals surface area contributed by atoms with Crippen LogP contribution in [0.5, 0.6) is 5.75 Å². The Labute approximate surface area is 99.7 Å². The Balaban J connectivity index is 2.11. The Kier molecular flexibility index (Phi) is 3.39. The molecule has 0 atom stereocenters. The third-order valence-corrected chi connectivity index (χ3v) is 2.55. The van der Waals surface area contributed by atoms with Gasteiger partial charge in [-0.3, -0.25) is 4.68 Å². The van der Waals surface area contributed by atoms with Crippen molar-refractivity contribution in [1.82, 2.24) is 14.8 Å². The summed E-state index contributed by atoms with van der Waals surface area (Å²) in [4.78, 5) is 4.07. The van der Waals surface area contributed by atoms with Crippen molar-refractivity contribution in [2.45, 2.75) is 20.1 Å². The Hall–Kier alpha value is -1.88. The molecule has 0 spiro atoms. The maximum absolute atomic E-state index is 9.24. The molecule has 0 bridgehead atoms.